The molecule has 0 saturated heterocycles. The van der Waals surface area contributed by atoms with Crippen LogP contribution in [0.2, 0.25) is 0 Å². The predicted molar refractivity (Wildman–Crippen MR) is 53.8 cm³/mol. The van der Waals surface area contributed by atoms with Gasteiger partial charge in [0, 0.05) is 6.42 Å². The second kappa shape index (κ2) is 5.12. The van der Waals surface area contributed by atoms with Gasteiger partial charge in [-0.2, -0.15) is 0 Å². The van der Waals surface area contributed by atoms with Gasteiger partial charge in [-0.3, -0.25) is 0 Å². The monoisotopic (exact) mass is 198 g/mol. The lowest BCUT2D eigenvalue weighted by atomic mass is 10.2. The largest absolute Gasteiger partial charge is 0.393 e. The Balaban J connectivity index is 2.50. The van der Waals surface area contributed by atoms with Crippen molar-refractivity contribution in [3.8, 4) is 0 Å². The molecule has 0 fully saturated rings. The van der Waals surface area contributed by atoms with Crippen LogP contribution in [-0.4, -0.2) is 26.3 Å². The highest BCUT2D eigenvalue weighted by Crippen LogP contribution is 2.13. The first-order chi connectivity index (χ1) is 6.63. The van der Waals surface area contributed by atoms with E-state index in [0.717, 1.165) is 11.5 Å². The summed E-state index contributed by atoms with van der Waals surface area (Å²) in [5.41, 5.74) is 0.757. The summed E-state index contributed by atoms with van der Waals surface area (Å²) in [7, 11) is 0. The molecule has 4 heteroatoms. The van der Waals surface area contributed by atoms with E-state index in [2.05, 4.69) is 9.97 Å². The molecule has 1 rings (SSSR count). The van der Waals surface area contributed by atoms with Crippen molar-refractivity contribution in [3.05, 3.63) is 17.7 Å². The number of aromatic nitrogens is 2. The van der Waals surface area contributed by atoms with Gasteiger partial charge in [0.2, 0.25) is 0 Å². The number of aliphatic hydroxyl groups excluding tert-OH is 2. The van der Waals surface area contributed by atoms with Gasteiger partial charge < -0.3 is 15.2 Å². The van der Waals surface area contributed by atoms with Crippen LogP contribution in [0.15, 0.2) is 6.20 Å². The molecular weight excluding hydrogens is 180 g/mol. The van der Waals surface area contributed by atoms with E-state index in [0.29, 0.717) is 19.3 Å². The number of hydrogen-bond donors (Lipinski definition) is 3. The third-order valence-corrected chi connectivity index (χ3v) is 2.19. The average molecular weight is 198 g/mol. The van der Waals surface area contributed by atoms with Gasteiger partial charge in [-0.25, -0.2) is 4.98 Å². The Morgan fingerprint density at radius 1 is 1.50 bits per heavy atom. The molecule has 0 amide bonds. The zero-order chi connectivity index (χ0) is 10.6. The number of rotatable bonds is 5. The minimum atomic E-state index is -0.456. The number of hydrogen-bond acceptors (Lipinski definition) is 3. The number of aryl methyl sites for hydroxylation is 1. The molecule has 0 bridgehead atoms. The van der Waals surface area contributed by atoms with Crippen LogP contribution in [0, 0.1) is 0 Å². The molecule has 0 aliphatic rings. The molecule has 0 spiro atoms. The Morgan fingerprint density at radius 3 is 2.79 bits per heavy atom. The van der Waals surface area contributed by atoms with E-state index in [1.807, 2.05) is 6.92 Å². The number of aliphatic hydroxyl groups is 2. The molecule has 0 radical (unpaired) electrons. The van der Waals surface area contributed by atoms with E-state index in [4.69, 9.17) is 5.11 Å². The van der Waals surface area contributed by atoms with Crippen molar-refractivity contribution < 1.29 is 10.2 Å². The van der Waals surface area contributed by atoms with E-state index in [-0.39, 0.29) is 6.10 Å². The maximum absolute atomic E-state index is 9.50. The molecule has 0 aliphatic heterocycles. The summed E-state index contributed by atoms with van der Waals surface area (Å²) in [6.07, 6.45) is 2.98. The van der Waals surface area contributed by atoms with Crippen molar-refractivity contribution in [2.75, 3.05) is 0 Å². The van der Waals surface area contributed by atoms with Gasteiger partial charge in [-0.05, 0) is 19.8 Å². The van der Waals surface area contributed by atoms with Gasteiger partial charge in [0.25, 0.3) is 0 Å². The minimum absolute atomic E-state index is 0.306. The average Bonchev–Trinajstić information content (AvgIpc) is 2.62. The Hall–Kier alpha value is -0.870. The van der Waals surface area contributed by atoms with E-state index in [9.17, 15) is 5.11 Å². The fourth-order valence-electron chi connectivity index (χ4n) is 1.24. The molecule has 14 heavy (non-hydrogen) atoms. The Kier molecular flexibility index (Phi) is 4.10. The summed E-state index contributed by atoms with van der Waals surface area (Å²) in [5, 5.41) is 18.6. The first-order valence-corrected chi connectivity index (χ1v) is 5.03. The fourth-order valence-corrected chi connectivity index (χ4v) is 1.24. The van der Waals surface area contributed by atoms with E-state index >= 15 is 0 Å². The minimum Gasteiger partial charge on any atom is -0.393 e. The molecule has 1 aromatic heterocycles. The Labute approximate surface area is 84.0 Å². The third kappa shape index (κ3) is 3.12. The SMILES string of the molecule is CCC(O)c1cnc(CCC(C)O)[nH]1. The summed E-state index contributed by atoms with van der Waals surface area (Å²) < 4.78 is 0. The van der Waals surface area contributed by atoms with E-state index in [1.165, 1.54) is 0 Å². The molecular formula is C10H18N2O2. The van der Waals surface area contributed by atoms with Gasteiger partial charge >= 0.3 is 0 Å². The van der Waals surface area contributed by atoms with Crippen LogP contribution >= 0.6 is 0 Å². The first kappa shape index (κ1) is 11.2. The zero-order valence-electron chi connectivity index (χ0n) is 8.70. The molecule has 1 aromatic rings. The summed E-state index contributed by atoms with van der Waals surface area (Å²) in [5.74, 6) is 0.827. The smallest absolute Gasteiger partial charge is 0.106 e. The first-order valence-electron chi connectivity index (χ1n) is 5.03. The van der Waals surface area contributed by atoms with Crippen molar-refractivity contribution in [1.29, 1.82) is 0 Å². The second-order valence-electron chi connectivity index (χ2n) is 3.60. The lowest BCUT2D eigenvalue weighted by Crippen LogP contribution is -2.02. The van der Waals surface area contributed by atoms with Crippen molar-refractivity contribution in [3.63, 3.8) is 0 Å². The molecule has 2 unspecified atom stereocenters. The summed E-state index contributed by atoms with van der Waals surface area (Å²) in [4.78, 5) is 7.18. The predicted octanol–water partition coefficient (Wildman–Crippen LogP) is 1.17. The van der Waals surface area contributed by atoms with E-state index in [1.54, 1.807) is 13.1 Å². The summed E-state index contributed by atoms with van der Waals surface area (Å²) in [6.45, 7) is 3.67. The molecule has 2 atom stereocenters. The topological polar surface area (TPSA) is 69.1 Å². The number of H-pyrrole nitrogens is 1. The number of aromatic amines is 1. The molecule has 1 heterocycles. The standard InChI is InChI=1S/C10H18N2O2/c1-3-9(14)8-6-11-10(12-8)5-4-7(2)13/h6-7,9,13-14H,3-5H2,1-2H3,(H,11,12). The Morgan fingerprint density at radius 2 is 2.21 bits per heavy atom. The highest BCUT2D eigenvalue weighted by Gasteiger charge is 2.08. The van der Waals surface area contributed by atoms with Crippen LogP contribution in [0.5, 0.6) is 0 Å². The van der Waals surface area contributed by atoms with Crippen LogP contribution in [0.1, 0.15) is 44.3 Å². The number of nitrogens with zero attached hydrogens (tertiary/aromatic N) is 1. The van der Waals surface area contributed by atoms with Crippen molar-refractivity contribution in [1.82, 2.24) is 9.97 Å². The maximum Gasteiger partial charge on any atom is 0.106 e. The molecule has 80 valence electrons. The Bertz CT molecular complexity index is 271. The van der Waals surface area contributed by atoms with Gasteiger partial charge in [0.15, 0.2) is 0 Å². The van der Waals surface area contributed by atoms with Crippen molar-refractivity contribution in [2.45, 2.75) is 45.3 Å². The van der Waals surface area contributed by atoms with Gasteiger partial charge in [0.1, 0.15) is 5.82 Å². The lowest BCUT2D eigenvalue weighted by Gasteiger charge is -2.03. The highest BCUT2D eigenvalue weighted by atomic mass is 16.3. The number of nitrogens with one attached hydrogen (secondary N) is 1. The van der Waals surface area contributed by atoms with Crippen LogP contribution in [-0.2, 0) is 6.42 Å². The quantitative estimate of drug-likeness (QED) is 0.665. The number of imidazole rings is 1. The zero-order valence-corrected chi connectivity index (χ0v) is 8.70. The lowest BCUT2D eigenvalue weighted by molar-refractivity contribution is 0.169. The molecule has 0 aliphatic carbocycles. The molecule has 0 aromatic carbocycles. The van der Waals surface area contributed by atoms with Gasteiger partial charge in [-0.15, -0.1) is 0 Å². The van der Waals surface area contributed by atoms with Crippen molar-refractivity contribution >= 4 is 0 Å². The van der Waals surface area contributed by atoms with Crippen LogP contribution in [0.3, 0.4) is 0 Å². The van der Waals surface area contributed by atoms with Gasteiger partial charge in [0.05, 0.1) is 24.1 Å². The second-order valence-corrected chi connectivity index (χ2v) is 3.60. The fraction of sp³-hybridized carbons (Fsp3) is 0.700. The van der Waals surface area contributed by atoms with Gasteiger partial charge in [-0.1, -0.05) is 6.92 Å². The van der Waals surface area contributed by atoms with Crippen LogP contribution < -0.4 is 0 Å². The van der Waals surface area contributed by atoms with E-state index < -0.39 is 6.10 Å². The molecule has 4 nitrogen and oxygen atoms in total. The third-order valence-electron chi connectivity index (χ3n) is 2.19. The molecule has 0 saturated carbocycles. The normalized spacial score (nSPS) is 15.4. The van der Waals surface area contributed by atoms with Crippen molar-refractivity contribution in [2.24, 2.45) is 0 Å². The summed E-state index contributed by atoms with van der Waals surface area (Å²) in [6, 6.07) is 0. The van der Waals surface area contributed by atoms with Crippen LogP contribution in [0.25, 0.3) is 0 Å². The maximum atomic E-state index is 9.50. The molecule has 3 N–H and O–H groups in total. The van der Waals surface area contributed by atoms with Crippen LogP contribution in [0.4, 0.5) is 0 Å². The summed E-state index contributed by atoms with van der Waals surface area (Å²) >= 11 is 0. The highest BCUT2D eigenvalue weighted by molar-refractivity contribution is 5.04.